The second kappa shape index (κ2) is 7.22. The second-order valence-electron chi connectivity index (χ2n) is 9.47. The van der Waals surface area contributed by atoms with E-state index in [9.17, 15) is 4.79 Å². The van der Waals surface area contributed by atoms with Crippen LogP contribution in [-0.4, -0.2) is 41.1 Å². The van der Waals surface area contributed by atoms with E-state index in [4.69, 9.17) is 0 Å². The number of aryl methyl sites for hydroxylation is 1. The molecule has 2 aliphatic rings. The fourth-order valence-corrected chi connectivity index (χ4v) is 4.93. The van der Waals surface area contributed by atoms with E-state index in [0.29, 0.717) is 5.92 Å². The summed E-state index contributed by atoms with van der Waals surface area (Å²) in [6.45, 7) is 12.7. The maximum atomic E-state index is 12.8. The lowest BCUT2D eigenvalue weighted by molar-refractivity contribution is 0.141. The largest absolute Gasteiger partial charge is 0.335 e. The number of hydrogen-bond donors (Lipinski definition) is 2. The Morgan fingerprint density at radius 1 is 1.15 bits per heavy atom. The van der Waals surface area contributed by atoms with Crippen LogP contribution in [0.5, 0.6) is 0 Å². The van der Waals surface area contributed by atoms with E-state index >= 15 is 0 Å². The zero-order valence-electron chi connectivity index (χ0n) is 17.1. The van der Waals surface area contributed by atoms with Crippen molar-refractivity contribution in [3.8, 4) is 0 Å². The minimum atomic E-state index is 0.0499. The van der Waals surface area contributed by atoms with Gasteiger partial charge in [-0.25, -0.2) is 4.79 Å². The van der Waals surface area contributed by atoms with Crippen LogP contribution in [0.3, 0.4) is 0 Å². The third-order valence-corrected chi connectivity index (χ3v) is 5.85. The van der Waals surface area contributed by atoms with Crippen molar-refractivity contribution in [1.29, 1.82) is 0 Å². The number of nitrogens with zero attached hydrogens (tertiary/aromatic N) is 1. The van der Waals surface area contributed by atoms with Gasteiger partial charge in [0.2, 0.25) is 0 Å². The van der Waals surface area contributed by atoms with Gasteiger partial charge in [-0.05, 0) is 64.5 Å². The van der Waals surface area contributed by atoms with Crippen LogP contribution in [0, 0.1) is 0 Å². The molecule has 4 nitrogen and oxygen atoms in total. The zero-order valence-corrected chi connectivity index (χ0v) is 17.1. The SMILES string of the molecule is CCc1ccc(C2CCN(C(=O)NC3CC(C)(C)NC(C)(C)C3)C2)cc1. The van der Waals surface area contributed by atoms with Crippen LogP contribution in [0.25, 0.3) is 0 Å². The molecule has 1 unspecified atom stereocenters. The average molecular weight is 358 g/mol. The lowest BCUT2D eigenvalue weighted by atomic mass is 9.80. The Morgan fingerprint density at radius 3 is 2.35 bits per heavy atom. The first-order valence-corrected chi connectivity index (χ1v) is 10.1. The van der Waals surface area contributed by atoms with Crippen molar-refractivity contribution < 1.29 is 4.79 Å². The van der Waals surface area contributed by atoms with Gasteiger partial charge in [0, 0.05) is 36.1 Å². The molecule has 1 aromatic carbocycles. The molecule has 0 bridgehead atoms. The first kappa shape index (κ1) is 19.2. The highest BCUT2D eigenvalue weighted by atomic mass is 16.2. The van der Waals surface area contributed by atoms with Gasteiger partial charge in [0.1, 0.15) is 0 Å². The fraction of sp³-hybridized carbons (Fsp3) is 0.682. The van der Waals surface area contributed by atoms with E-state index in [1.807, 2.05) is 4.90 Å². The number of carbonyl (C=O) groups excluding carboxylic acids is 1. The molecule has 2 N–H and O–H groups in total. The Hall–Kier alpha value is -1.55. The van der Waals surface area contributed by atoms with Crippen LogP contribution >= 0.6 is 0 Å². The van der Waals surface area contributed by atoms with E-state index in [1.165, 1.54) is 11.1 Å². The Bertz CT molecular complexity index is 619. The number of amides is 2. The summed E-state index contributed by atoms with van der Waals surface area (Å²) in [5.41, 5.74) is 2.84. The van der Waals surface area contributed by atoms with Crippen molar-refractivity contribution in [3.63, 3.8) is 0 Å². The quantitative estimate of drug-likeness (QED) is 0.857. The summed E-state index contributed by atoms with van der Waals surface area (Å²) in [7, 11) is 0. The molecule has 144 valence electrons. The highest BCUT2D eigenvalue weighted by Crippen LogP contribution is 2.30. The zero-order chi connectivity index (χ0) is 18.9. The maximum absolute atomic E-state index is 12.8. The van der Waals surface area contributed by atoms with Crippen molar-refractivity contribution in [2.24, 2.45) is 0 Å². The van der Waals surface area contributed by atoms with Gasteiger partial charge in [0.05, 0.1) is 0 Å². The normalized spacial score (nSPS) is 25.3. The number of nitrogens with one attached hydrogen (secondary N) is 2. The molecule has 0 aliphatic carbocycles. The molecule has 2 amide bonds. The number of carbonyl (C=O) groups is 1. The highest BCUT2D eigenvalue weighted by Gasteiger charge is 2.39. The number of piperidine rings is 1. The van der Waals surface area contributed by atoms with Crippen LogP contribution in [0.4, 0.5) is 4.79 Å². The predicted molar refractivity (Wildman–Crippen MR) is 108 cm³/mol. The summed E-state index contributed by atoms with van der Waals surface area (Å²) >= 11 is 0. The molecule has 1 aromatic rings. The summed E-state index contributed by atoms with van der Waals surface area (Å²) < 4.78 is 0. The molecule has 2 fully saturated rings. The molecule has 0 spiro atoms. The van der Waals surface area contributed by atoms with Crippen LogP contribution in [-0.2, 0) is 6.42 Å². The van der Waals surface area contributed by atoms with Gasteiger partial charge >= 0.3 is 6.03 Å². The Morgan fingerprint density at radius 2 is 1.77 bits per heavy atom. The fourth-order valence-electron chi connectivity index (χ4n) is 4.93. The molecule has 2 saturated heterocycles. The molecular formula is C22H35N3O. The smallest absolute Gasteiger partial charge is 0.317 e. The lowest BCUT2D eigenvalue weighted by Gasteiger charge is -2.46. The number of hydrogen-bond acceptors (Lipinski definition) is 2. The van der Waals surface area contributed by atoms with E-state index in [1.54, 1.807) is 0 Å². The van der Waals surface area contributed by atoms with E-state index in [2.05, 4.69) is 69.5 Å². The van der Waals surface area contributed by atoms with Gasteiger partial charge in [-0.2, -0.15) is 0 Å². The van der Waals surface area contributed by atoms with Crippen LogP contribution < -0.4 is 10.6 Å². The minimum Gasteiger partial charge on any atom is -0.335 e. The van der Waals surface area contributed by atoms with Gasteiger partial charge in [0.15, 0.2) is 0 Å². The van der Waals surface area contributed by atoms with Crippen LogP contribution in [0.15, 0.2) is 24.3 Å². The topological polar surface area (TPSA) is 44.4 Å². The van der Waals surface area contributed by atoms with Crippen LogP contribution in [0.2, 0.25) is 0 Å². The third-order valence-electron chi connectivity index (χ3n) is 5.85. The number of benzene rings is 1. The molecule has 4 heteroatoms. The van der Waals surface area contributed by atoms with E-state index < -0.39 is 0 Å². The maximum Gasteiger partial charge on any atom is 0.317 e. The standard InChI is InChI=1S/C22H35N3O/c1-6-16-7-9-17(10-8-16)18-11-12-25(15-18)20(26)23-19-13-21(2,3)24-22(4,5)14-19/h7-10,18-19,24H,6,11-15H2,1-5H3,(H,23,26). The average Bonchev–Trinajstić information content (AvgIpc) is 3.02. The highest BCUT2D eigenvalue weighted by molar-refractivity contribution is 5.75. The predicted octanol–water partition coefficient (Wildman–Crippen LogP) is 4.06. The molecule has 26 heavy (non-hydrogen) atoms. The number of likely N-dealkylation sites (tertiary alicyclic amines) is 1. The van der Waals surface area contributed by atoms with Crippen molar-refractivity contribution >= 4 is 6.03 Å². The van der Waals surface area contributed by atoms with Crippen LogP contribution in [0.1, 0.15) is 70.9 Å². The first-order valence-electron chi connectivity index (χ1n) is 10.1. The number of rotatable bonds is 3. The van der Waals surface area contributed by atoms with Gasteiger partial charge < -0.3 is 15.5 Å². The van der Waals surface area contributed by atoms with Crippen molar-refractivity contribution in [2.45, 2.75) is 83.3 Å². The summed E-state index contributed by atoms with van der Waals surface area (Å²) in [6, 6.07) is 9.26. The Kier molecular flexibility index (Phi) is 5.34. The summed E-state index contributed by atoms with van der Waals surface area (Å²) in [5, 5.41) is 6.99. The molecule has 0 aromatic heterocycles. The lowest BCUT2D eigenvalue weighted by Crippen LogP contribution is -2.62. The second-order valence-corrected chi connectivity index (χ2v) is 9.47. The van der Waals surface area contributed by atoms with Crippen molar-refractivity contribution in [2.75, 3.05) is 13.1 Å². The molecule has 2 aliphatic heterocycles. The van der Waals surface area contributed by atoms with Gasteiger partial charge in [0.25, 0.3) is 0 Å². The monoisotopic (exact) mass is 357 g/mol. The van der Waals surface area contributed by atoms with Gasteiger partial charge in [-0.15, -0.1) is 0 Å². The molecular weight excluding hydrogens is 322 g/mol. The summed E-state index contributed by atoms with van der Waals surface area (Å²) in [4.78, 5) is 14.8. The Labute approximate surface area is 158 Å². The van der Waals surface area contributed by atoms with E-state index in [-0.39, 0.29) is 23.2 Å². The third kappa shape index (κ3) is 4.59. The number of urea groups is 1. The first-order chi connectivity index (χ1) is 12.2. The molecule has 0 saturated carbocycles. The van der Waals surface area contributed by atoms with Gasteiger partial charge in [-0.1, -0.05) is 31.2 Å². The van der Waals surface area contributed by atoms with Gasteiger partial charge in [-0.3, -0.25) is 0 Å². The summed E-state index contributed by atoms with van der Waals surface area (Å²) in [6.07, 6.45) is 4.07. The van der Waals surface area contributed by atoms with Crippen molar-refractivity contribution in [1.82, 2.24) is 15.5 Å². The molecule has 2 heterocycles. The molecule has 3 rings (SSSR count). The van der Waals surface area contributed by atoms with E-state index in [0.717, 1.165) is 38.8 Å². The van der Waals surface area contributed by atoms with Crippen molar-refractivity contribution in [3.05, 3.63) is 35.4 Å². The minimum absolute atomic E-state index is 0.0499. The molecule has 1 atom stereocenters. The summed E-state index contributed by atoms with van der Waals surface area (Å²) in [5.74, 6) is 0.465. The molecule has 0 radical (unpaired) electrons. The Balaban J connectivity index is 1.57.